The molecular formula is C14H16N2O3. The second kappa shape index (κ2) is 5.72. The lowest BCUT2D eigenvalue weighted by molar-refractivity contribution is 0.0146. The molecule has 2 rings (SSSR count). The van der Waals surface area contributed by atoms with Crippen LogP contribution in [0, 0.1) is 11.3 Å². The fraction of sp³-hybridized carbons (Fsp3) is 0.429. The first kappa shape index (κ1) is 13.4. The zero-order valence-corrected chi connectivity index (χ0v) is 10.7. The Morgan fingerprint density at radius 1 is 1.47 bits per heavy atom. The number of carbonyl (C=O) groups is 1. The van der Waals surface area contributed by atoms with Crippen LogP contribution in [0.5, 0.6) is 0 Å². The summed E-state index contributed by atoms with van der Waals surface area (Å²) in [7, 11) is 1.65. The smallest absolute Gasteiger partial charge is 0.407 e. The molecule has 1 amide bonds. The Bertz CT molecular complexity index is 492. The summed E-state index contributed by atoms with van der Waals surface area (Å²) in [6, 6.07) is 8.91. The standard InChI is InChI=1S/C14H16N2O3/c1-19-12-6-7-16(14(17)18)13(8-12)11-4-2-10(9-15)3-5-11/h2-5,12-13H,6-8H2,1H3,(H,17,18). The molecule has 19 heavy (non-hydrogen) atoms. The Morgan fingerprint density at radius 2 is 2.16 bits per heavy atom. The predicted molar refractivity (Wildman–Crippen MR) is 68.7 cm³/mol. The number of methoxy groups -OCH3 is 1. The van der Waals surface area contributed by atoms with Crippen LogP contribution in [0.3, 0.4) is 0 Å². The maximum atomic E-state index is 11.3. The van der Waals surface area contributed by atoms with Crippen molar-refractivity contribution in [2.45, 2.75) is 25.0 Å². The molecule has 2 atom stereocenters. The van der Waals surface area contributed by atoms with Crippen molar-refractivity contribution in [1.29, 1.82) is 5.26 Å². The van der Waals surface area contributed by atoms with Gasteiger partial charge in [-0.1, -0.05) is 12.1 Å². The van der Waals surface area contributed by atoms with E-state index in [2.05, 4.69) is 6.07 Å². The minimum atomic E-state index is -0.913. The molecule has 0 aliphatic carbocycles. The third kappa shape index (κ3) is 2.85. The van der Waals surface area contributed by atoms with Crippen LogP contribution in [-0.4, -0.2) is 35.9 Å². The normalized spacial score (nSPS) is 22.8. The number of benzene rings is 1. The second-order valence-electron chi connectivity index (χ2n) is 4.61. The second-order valence-corrected chi connectivity index (χ2v) is 4.61. The molecule has 100 valence electrons. The average molecular weight is 260 g/mol. The van der Waals surface area contributed by atoms with Gasteiger partial charge in [-0.15, -0.1) is 0 Å². The summed E-state index contributed by atoms with van der Waals surface area (Å²) in [5.41, 5.74) is 1.48. The monoisotopic (exact) mass is 260 g/mol. The summed E-state index contributed by atoms with van der Waals surface area (Å²) < 4.78 is 5.34. The number of nitriles is 1. The summed E-state index contributed by atoms with van der Waals surface area (Å²) in [6.45, 7) is 0.471. The topological polar surface area (TPSA) is 73.6 Å². The number of piperidine rings is 1. The van der Waals surface area contributed by atoms with Gasteiger partial charge in [-0.3, -0.25) is 0 Å². The van der Waals surface area contributed by atoms with Crippen LogP contribution < -0.4 is 0 Å². The summed E-state index contributed by atoms with van der Waals surface area (Å²) in [5, 5.41) is 18.0. The number of nitrogens with zero attached hydrogens (tertiary/aromatic N) is 2. The lowest BCUT2D eigenvalue weighted by Crippen LogP contribution is -2.42. The maximum absolute atomic E-state index is 11.3. The first-order valence-electron chi connectivity index (χ1n) is 6.18. The van der Waals surface area contributed by atoms with Crippen LogP contribution in [0.1, 0.15) is 30.0 Å². The maximum Gasteiger partial charge on any atom is 0.407 e. The third-order valence-electron chi connectivity index (χ3n) is 3.56. The highest BCUT2D eigenvalue weighted by atomic mass is 16.5. The lowest BCUT2D eigenvalue weighted by atomic mass is 9.93. The van der Waals surface area contributed by atoms with Crippen LogP contribution in [0.2, 0.25) is 0 Å². The van der Waals surface area contributed by atoms with Crippen LogP contribution in [-0.2, 0) is 4.74 Å². The molecule has 1 fully saturated rings. The van der Waals surface area contributed by atoms with Crippen molar-refractivity contribution in [2.24, 2.45) is 0 Å². The quantitative estimate of drug-likeness (QED) is 0.886. The highest BCUT2D eigenvalue weighted by Gasteiger charge is 2.32. The molecule has 1 aromatic rings. The van der Waals surface area contributed by atoms with Gasteiger partial charge in [0.2, 0.25) is 0 Å². The van der Waals surface area contributed by atoms with E-state index in [9.17, 15) is 9.90 Å². The van der Waals surface area contributed by atoms with Crippen molar-refractivity contribution in [1.82, 2.24) is 4.90 Å². The van der Waals surface area contributed by atoms with Gasteiger partial charge in [0.05, 0.1) is 23.8 Å². The third-order valence-corrected chi connectivity index (χ3v) is 3.56. The van der Waals surface area contributed by atoms with Crippen molar-refractivity contribution < 1.29 is 14.6 Å². The first-order chi connectivity index (χ1) is 9.15. The average Bonchev–Trinajstić information content (AvgIpc) is 2.46. The highest BCUT2D eigenvalue weighted by Crippen LogP contribution is 2.32. The molecule has 1 aliphatic rings. The van der Waals surface area contributed by atoms with E-state index in [0.29, 0.717) is 18.5 Å². The Hall–Kier alpha value is -2.06. The number of amides is 1. The van der Waals surface area contributed by atoms with Gasteiger partial charge in [-0.05, 0) is 30.5 Å². The molecule has 1 aliphatic heterocycles. The fourth-order valence-electron chi connectivity index (χ4n) is 2.47. The zero-order valence-electron chi connectivity index (χ0n) is 10.7. The molecule has 1 N–H and O–H groups in total. The van der Waals surface area contributed by atoms with Gasteiger partial charge in [0, 0.05) is 13.7 Å². The van der Waals surface area contributed by atoms with E-state index in [1.807, 2.05) is 12.1 Å². The number of hydrogen-bond acceptors (Lipinski definition) is 3. The molecule has 5 heteroatoms. The van der Waals surface area contributed by atoms with E-state index >= 15 is 0 Å². The highest BCUT2D eigenvalue weighted by molar-refractivity contribution is 5.66. The number of likely N-dealkylation sites (tertiary alicyclic amines) is 1. The van der Waals surface area contributed by atoms with Crippen LogP contribution in [0.25, 0.3) is 0 Å². The lowest BCUT2D eigenvalue weighted by Gasteiger charge is -2.37. The molecule has 1 saturated heterocycles. The molecule has 1 heterocycles. The Kier molecular flexibility index (Phi) is 4.03. The molecule has 0 spiro atoms. The van der Waals surface area contributed by atoms with E-state index in [-0.39, 0.29) is 12.1 Å². The van der Waals surface area contributed by atoms with Gasteiger partial charge in [-0.25, -0.2) is 4.79 Å². The number of rotatable bonds is 2. The van der Waals surface area contributed by atoms with E-state index in [1.54, 1.807) is 19.2 Å². The van der Waals surface area contributed by atoms with Crippen LogP contribution >= 0.6 is 0 Å². The SMILES string of the molecule is COC1CCN(C(=O)O)C(c2ccc(C#N)cc2)C1. The molecule has 5 nitrogen and oxygen atoms in total. The van der Waals surface area contributed by atoms with E-state index < -0.39 is 6.09 Å². The number of hydrogen-bond donors (Lipinski definition) is 1. The number of carboxylic acid groups (broad SMARTS) is 1. The van der Waals surface area contributed by atoms with Gasteiger partial charge in [0.15, 0.2) is 0 Å². The molecule has 0 bridgehead atoms. The minimum Gasteiger partial charge on any atom is -0.465 e. The summed E-state index contributed by atoms with van der Waals surface area (Å²) in [6.07, 6.45) is 0.532. The summed E-state index contributed by atoms with van der Waals surface area (Å²) >= 11 is 0. The first-order valence-corrected chi connectivity index (χ1v) is 6.18. The molecule has 1 aromatic carbocycles. The van der Waals surface area contributed by atoms with Gasteiger partial charge in [-0.2, -0.15) is 5.26 Å². The van der Waals surface area contributed by atoms with Crippen molar-refractivity contribution in [3.8, 4) is 6.07 Å². The van der Waals surface area contributed by atoms with Gasteiger partial charge < -0.3 is 14.7 Å². The minimum absolute atomic E-state index is 0.0799. The fourth-order valence-corrected chi connectivity index (χ4v) is 2.47. The Morgan fingerprint density at radius 3 is 2.68 bits per heavy atom. The van der Waals surface area contributed by atoms with Crippen molar-refractivity contribution in [3.05, 3.63) is 35.4 Å². The molecule has 0 radical (unpaired) electrons. The Balaban J connectivity index is 2.25. The van der Waals surface area contributed by atoms with Gasteiger partial charge in [0.25, 0.3) is 0 Å². The summed E-state index contributed by atoms with van der Waals surface area (Å²) in [4.78, 5) is 12.7. The molecular weight excluding hydrogens is 244 g/mol. The van der Waals surface area contributed by atoms with Gasteiger partial charge in [0.1, 0.15) is 0 Å². The molecule has 0 aromatic heterocycles. The van der Waals surface area contributed by atoms with E-state index in [0.717, 1.165) is 12.0 Å². The Labute approximate surface area is 112 Å². The zero-order chi connectivity index (χ0) is 13.8. The van der Waals surface area contributed by atoms with Gasteiger partial charge >= 0.3 is 6.09 Å². The van der Waals surface area contributed by atoms with Crippen LogP contribution in [0.15, 0.2) is 24.3 Å². The van der Waals surface area contributed by atoms with E-state index in [4.69, 9.17) is 10.00 Å². The molecule has 2 unspecified atom stereocenters. The largest absolute Gasteiger partial charge is 0.465 e. The predicted octanol–water partition coefficient (Wildman–Crippen LogP) is 2.39. The van der Waals surface area contributed by atoms with Crippen molar-refractivity contribution in [2.75, 3.05) is 13.7 Å². The number of ether oxygens (including phenoxy) is 1. The van der Waals surface area contributed by atoms with Crippen molar-refractivity contribution in [3.63, 3.8) is 0 Å². The van der Waals surface area contributed by atoms with E-state index in [1.165, 1.54) is 4.90 Å². The molecule has 0 saturated carbocycles. The summed E-state index contributed by atoms with van der Waals surface area (Å²) in [5.74, 6) is 0. The van der Waals surface area contributed by atoms with Crippen LogP contribution in [0.4, 0.5) is 4.79 Å². The van der Waals surface area contributed by atoms with Crippen molar-refractivity contribution >= 4 is 6.09 Å².